The van der Waals surface area contributed by atoms with E-state index in [-0.39, 0.29) is 24.5 Å². The maximum atomic E-state index is 13.1. The van der Waals surface area contributed by atoms with Crippen molar-refractivity contribution in [2.75, 3.05) is 164 Å². The van der Waals surface area contributed by atoms with Gasteiger partial charge in [0, 0.05) is 5.69 Å². The average Bonchev–Trinajstić information content (AvgIpc) is 3.24. The topological polar surface area (TPSA) is 152 Å². The number of rotatable bonds is 37. The summed E-state index contributed by atoms with van der Waals surface area (Å²) in [6, 6.07) is 11.1. The number of nitrogens with one attached hydrogen (secondary N) is 2. The van der Waals surface area contributed by atoms with Crippen molar-refractivity contribution in [2.45, 2.75) is 25.1 Å². The van der Waals surface area contributed by atoms with E-state index >= 15 is 0 Å². The van der Waals surface area contributed by atoms with Crippen LogP contribution in [-0.4, -0.2) is 171 Å². The molecule has 1 aliphatic heterocycles. The molecule has 1 aliphatic rings. The highest BCUT2D eigenvalue weighted by atomic mass is 19.4. The number of benzene rings is 2. The second-order valence-corrected chi connectivity index (χ2v) is 12.8. The number of piperidine rings is 1. The fraction of sp³-hybridized carbons (Fsp3) is 0.683. The molecule has 2 aromatic rings. The fourth-order valence-corrected chi connectivity index (χ4v) is 5.29. The van der Waals surface area contributed by atoms with E-state index in [0.29, 0.717) is 144 Å². The normalized spacial score (nSPS) is 13.5. The van der Waals surface area contributed by atoms with Crippen LogP contribution in [0.2, 0.25) is 0 Å². The highest BCUT2D eigenvalue weighted by Crippen LogP contribution is 2.32. The van der Waals surface area contributed by atoms with Crippen molar-refractivity contribution in [3.63, 3.8) is 0 Å². The van der Waals surface area contributed by atoms with Gasteiger partial charge in [-0.25, -0.2) is 4.79 Å². The number of hydrogen-bond donors (Lipinski definition) is 2. The molecule has 15 nitrogen and oxygen atoms in total. The summed E-state index contributed by atoms with van der Waals surface area (Å²) in [6.45, 7) is 11.6. The van der Waals surface area contributed by atoms with Crippen molar-refractivity contribution in [3.05, 3.63) is 59.7 Å². The number of esters is 1. The molecular weight excluding hydrogens is 785 g/mol. The minimum atomic E-state index is -4.48. The number of hydrogen-bond acceptors (Lipinski definition) is 15. The predicted octanol–water partition coefficient (Wildman–Crippen LogP) is 4.54. The van der Waals surface area contributed by atoms with Crippen LogP contribution in [0.3, 0.4) is 0 Å². The van der Waals surface area contributed by atoms with E-state index in [2.05, 4.69) is 10.6 Å². The second kappa shape index (κ2) is 33.7. The number of alkyl halides is 3. The number of anilines is 2. The third-order valence-electron chi connectivity index (χ3n) is 8.29. The van der Waals surface area contributed by atoms with Crippen molar-refractivity contribution in [1.29, 1.82) is 0 Å². The van der Waals surface area contributed by atoms with Gasteiger partial charge in [-0.15, -0.1) is 0 Å². The van der Waals surface area contributed by atoms with Gasteiger partial charge in [-0.2, -0.15) is 13.2 Å². The minimum Gasteiger partial charge on any atom is -0.460 e. The Balaban J connectivity index is 0.971. The smallest absolute Gasteiger partial charge is 0.416 e. The van der Waals surface area contributed by atoms with Gasteiger partial charge in [0.15, 0.2) is 0 Å². The molecule has 0 aliphatic carbocycles. The first kappa shape index (κ1) is 50.4. The zero-order valence-electron chi connectivity index (χ0n) is 34.0. The second-order valence-electron chi connectivity index (χ2n) is 12.8. The molecule has 0 saturated carbocycles. The van der Waals surface area contributed by atoms with Gasteiger partial charge in [0.1, 0.15) is 6.61 Å². The maximum Gasteiger partial charge on any atom is 0.416 e. The molecule has 0 spiro atoms. The highest BCUT2D eigenvalue weighted by molar-refractivity contribution is 5.96. The van der Waals surface area contributed by atoms with E-state index in [4.69, 9.17) is 56.8 Å². The van der Waals surface area contributed by atoms with Crippen molar-refractivity contribution < 1.29 is 74.8 Å². The zero-order valence-corrected chi connectivity index (χ0v) is 34.0. The summed E-state index contributed by atoms with van der Waals surface area (Å²) in [4.78, 5) is 12.6. The summed E-state index contributed by atoms with van der Waals surface area (Å²) in [5.41, 5.74) is -0.0920. The molecule has 0 aromatic heterocycles. The van der Waals surface area contributed by atoms with Crippen molar-refractivity contribution in [2.24, 2.45) is 0 Å². The summed E-state index contributed by atoms with van der Waals surface area (Å²) >= 11 is 0. The lowest BCUT2D eigenvalue weighted by atomic mass is 10.1. The van der Waals surface area contributed by atoms with Crippen LogP contribution in [0, 0.1) is 0 Å². The highest BCUT2D eigenvalue weighted by Gasteiger charge is 2.30. The molecule has 2 aromatic carbocycles. The molecule has 0 atom stereocenters. The van der Waals surface area contributed by atoms with Gasteiger partial charge in [0.25, 0.3) is 0 Å². The van der Waals surface area contributed by atoms with Crippen LogP contribution in [0.1, 0.15) is 28.8 Å². The molecule has 2 N–H and O–H groups in total. The average molecular weight is 849 g/mol. The third kappa shape index (κ3) is 26.1. The molecule has 1 fully saturated rings. The van der Waals surface area contributed by atoms with Crippen molar-refractivity contribution in [3.8, 4) is 0 Å². The van der Waals surface area contributed by atoms with E-state index in [1.807, 2.05) is 0 Å². The number of para-hydroxylation sites is 1. The molecule has 336 valence electrons. The molecule has 0 unspecified atom stereocenters. The first-order valence-corrected chi connectivity index (χ1v) is 20.2. The van der Waals surface area contributed by atoms with E-state index < -0.39 is 17.7 Å². The largest absolute Gasteiger partial charge is 0.460 e. The molecule has 3 rings (SSSR count). The summed E-state index contributed by atoms with van der Waals surface area (Å²) in [5, 5.41) is 6.18. The molecule has 0 bridgehead atoms. The number of ether oxygens (including phenoxy) is 12. The Hall–Kier alpha value is -2.98. The van der Waals surface area contributed by atoms with Gasteiger partial charge >= 0.3 is 12.1 Å². The van der Waals surface area contributed by atoms with E-state index in [0.717, 1.165) is 38.1 Å². The molecule has 1 saturated heterocycles. The summed E-state index contributed by atoms with van der Waals surface area (Å²) < 4.78 is 105. The summed E-state index contributed by atoms with van der Waals surface area (Å²) in [6.07, 6.45) is -1.99. The summed E-state index contributed by atoms with van der Waals surface area (Å²) in [5.74, 6) is -0.629. The zero-order chi connectivity index (χ0) is 41.9. The van der Waals surface area contributed by atoms with Crippen LogP contribution in [0.5, 0.6) is 0 Å². The lowest BCUT2D eigenvalue weighted by Crippen LogP contribution is -2.33. The molecule has 59 heavy (non-hydrogen) atoms. The van der Waals surface area contributed by atoms with Gasteiger partial charge < -0.3 is 67.5 Å². The SMILES string of the molecule is O=C(OCCOCCOCCOCCOCCOCCOCCOCCOCCOCCOCCOC1CCNCC1)c1ccccc1Nc1cccc(C(F)(F)F)c1. The minimum absolute atomic E-state index is 0.00284. The Morgan fingerprint density at radius 1 is 0.542 bits per heavy atom. The van der Waals surface area contributed by atoms with Crippen molar-refractivity contribution >= 4 is 17.3 Å². The van der Waals surface area contributed by atoms with Crippen LogP contribution in [0.15, 0.2) is 48.5 Å². The first-order chi connectivity index (χ1) is 28.9. The number of halogens is 3. The Morgan fingerprint density at radius 3 is 1.39 bits per heavy atom. The van der Waals surface area contributed by atoms with Gasteiger partial charge in [-0.3, -0.25) is 0 Å². The van der Waals surface area contributed by atoms with Crippen molar-refractivity contribution in [1.82, 2.24) is 5.32 Å². The lowest BCUT2D eigenvalue weighted by molar-refractivity contribution is -0.137. The summed E-state index contributed by atoms with van der Waals surface area (Å²) in [7, 11) is 0. The molecule has 18 heteroatoms. The van der Waals surface area contributed by atoms with Gasteiger partial charge in [0.05, 0.1) is 162 Å². The van der Waals surface area contributed by atoms with Gasteiger partial charge in [-0.1, -0.05) is 18.2 Å². The molecule has 0 amide bonds. The Morgan fingerprint density at radius 2 is 0.949 bits per heavy atom. The predicted molar refractivity (Wildman–Crippen MR) is 211 cm³/mol. The molecule has 1 heterocycles. The Kier molecular flexibility index (Phi) is 28.8. The maximum absolute atomic E-state index is 13.1. The van der Waals surface area contributed by atoms with Crippen LogP contribution >= 0.6 is 0 Å². The van der Waals surface area contributed by atoms with Crippen LogP contribution in [-0.2, 0) is 63.0 Å². The molecular formula is C41H63F3N2O13. The Labute approximate surface area is 345 Å². The van der Waals surface area contributed by atoms with Crippen LogP contribution in [0.25, 0.3) is 0 Å². The van der Waals surface area contributed by atoms with Crippen LogP contribution in [0.4, 0.5) is 24.5 Å². The van der Waals surface area contributed by atoms with E-state index in [9.17, 15) is 18.0 Å². The molecule has 0 radical (unpaired) electrons. The van der Waals surface area contributed by atoms with E-state index in [1.165, 1.54) is 18.2 Å². The number of carbonyl (C=O) groups excluding carboxylic acids is 1. The standard InChI is InChI=1S/C41H63F3N2O13/c42-41(43,44)35-4-3-5-36(34-35)46-39-7-2-1-6-38(39)40(47)59-33-31-57-29-27-55-25-23-53-21-19-51-17-15-49-13-12-48-14-16-50-18-20-52-22-24-54-26-28-56-30-32-58-37-8-10-45-11-9-37/h1-7,34,37,45-46H,8-33H2. The van der Waals surface area contributed by atoms with Gasteiger partial charge in [-0.05, 0) is 56.3 Å². The fourth-order valence-electron chi connectivity index (χ4n) is 5.29. The number of carbonyl (C=O) groups is 1. The Bertz CT molecular complexity index is 1330. The van der Waals surface area contributed by atoms with Crippen LogP contribution < -0.4 is 10.6 Å². The van der Waals surface area contributed by atoms with Gasteiger partial charge in [0.2, 0.25) is 0 Å². The first-order valence-electron chi connectivity index (χ1n) is 20.2. The quantitative estimate of drug-likeness (QED) is 0.0723. The van der Waals surface area contributed by atoms with E-state index in [1.54, 1.807) is 18.2 Å². The monoisotopic (exact) mass is 848 g/mol. The lowest BCUT2D eigenvalue weighted by Gasteiger charge is -2.22. The third-order valence-corrected chi connectivity index (χ3v) is 8.29.